The minimum Gasteiger partial charge on any atom is -0.453 e. The van der Waals surface area contributed by atoms with Crippen molar-refractivity contribution in [3.05, 3.63) is 337 Å². The molecule has 10 aliphatic rings. The van der Waals surface area contributed by atoms with Crippen LogP contribution in [0.4, 0.5) is 102 Å². The Morgan fingerprint density at radius 3 is 1.21 bits per heavy atom. The average molecular weight is 1430 g/mol. The van der Waals surface area contributed by atoms with Gasteiger partial charge in [-0.15, -0.1) is 0 Å². The Bertz CT molecular complexity index is 6520. The van der Waals surface area contributed by atoms with Gasteiger partial charge in [0.2, 0.25) is 0 Å². The number of nitrogens with zero attached hydrogens (tertiary/aromatic N) is 6. The molecule has 0 fully saturated rings. The van der Waals surface area contributed by atoms with E-state index >= 15 is 0 Å². The zero-order chi connectivity index (χ0) is 72.7. The monoisotopic (exact) mass is 1430 g/mol. The summed E-state index contributed by atoms with van der Waals surface area (Å²) in [5, 5.41) is 0. The van der Waals surface area contributed by atoms with Gasteiger partial charge in [0.05, 0.1) is 62.6 Å². The molecule has 0 atom stereocenters. The molecular weight excluding hydrogens is 1360 g/mol. The number of ether oxygens (including phenoxy) is 2. The Balaban J connectivity index is 0.664. The second-order valence-corrected chi connectivity index (χ2v) is 33.7. The molecule has 10 heterocycles. The Kier molecular flexibility index (Phi) is 11.9. The Hall–Kier alpha value is -12.8. The van der Waals surface area contributed by atoms with Gasteiger partial charge < -0.3 is 38.9 Å². The van der Waals surface area contributed by atoms with Crippen LogP contribution in [0.3, 0.4) is 0 Å². The zero-order valence-electron chi connectivity index (χ0n) is 61.4. The predicted octanol–water partition coefficient (Wildman–Crippen LogP) is 22.7. The molecule has 0 aromatic heterocycles. The van der Waals surface area contributed by atoms with Crippen molar-refractivity contribution < 1.29 is 9.47 Å². The summed E-state index contributed by atoms with van der Waals surface area (Å²) in [6.45, 7) is 14.2. The largest absolute Gasteiger partial charge is 0.453 e. The summed E-state index contributed by atoms with van der Waals surface area (Å²) >= 11 is 1.85. The van der Waals surface area contributed by atoms with Crippen molar-refractivity contribution in [2.24, 2.45) is 0 Å². The standard InChI is InChI=1S/C99H68B2N6O2S/c1-97(2)63-26-7-11-35-73(63)103(74-36-12-8-27-64(74)97)61-55-83-91-84(56-61)107-78-40-16-19-44-86(78)109-88-54-59(51-72(95(88)107)101(91)71-34-24-45-87-94(71)106(83)77-39-15-18-43-85(77)108-87)62-25-21-42-80-96(62)110-89-46-20-17-41-79(89)102(80)60-49-47-57(48-50-60)58-52-81-90-82(53-58)105-76-38-14-10-29-66(76)99(5,6)68-31-23-33-70(93(68)105)100(90)69-32-22-30-67-92(69)104(81)75-37-13-9-28-65(75)98(67,3)4/h7-56H,1-6H3. The number of hydrogen-bond donors (Lipinski definition) is 0. The molecule has 8 nitrogen and oxygen atoms in total. The summed E-state index contributed by atoms with van der Waals surface area (Å²) in [5.41, 5.74) is 40.1. The van der Waals surface area contributed by atoms with Crippen LogP contribution in [0.15, 0.2) is 313 Å². The van der Waals surface area contributed by atoms with Crippen molar-refractivity contribution in [3.63, 3.8) is 0 Å². The first kappa shape index (κ1) is 61.2. The van der Waals surface area contributed by atoms with Crippen molar-refractivity contribution in [1.82, 2.24) is 0 Å². The van der Waals surface area contributed by atoms with Crippen molar-refractivity contribution in [1.29, 1.82) is 0 Å². The molecule has 518 valence electrons. The van der Waals surface area contributed by atoms with Crippen LogP contribution in [0.5, 0.6) is 23.0 Å². The molecule has 15 aromatic rings. The lowest BCUT2D eigenvalue weighted by Gasteiger charge is -2.52. The molecular formula is C99H68B2N6O2S. The van der Waals surface area contributed by atoms with Crippen molar-refractivity contribution in [2.45, 2.75) is 67.6 Å². The summed E-state index contributed by atoms with van der Waals surface area (Å²) in [7, 11) is 0. The molecule has 0 radical (unpaired) electrons. The third-order valence-electron chi connectivity index (χ3n) is 26.1. The van der Waals surface area contributed by atoms with Gasteiger partial charge in [-0.1, -0.05) is 241 Å². The van der Waals surface area contributed by atoms with E-state index < -0.39 is 0 Å². The van der Waals surface area contributed by atoms with E-state index in [4.69, 9.17) is 9.47 Å². The summed E-state index contributed by atoms with van der Waals surface area (Å²) in [6, 6.07) is 114. The molecule has 0 amide bonds. The van der Waals surface area contributed by atoms with E-state index in [0.29, 0.717) is 0 Å². The van der Waals surface area contributed by atoms with E-state index in [9.17, 15) is 0 Å². The van der Waals surface area contributed by atoms with Gasteiger partial charge >= 0.3 is 0 Å². The number of fused-ring (bicyclic) bond motifs is 20. The fourth-order valence-corrected chi connectivity index (χ4v) is 22.4. The van der Waals surface area contributed by atoms with Gasteiger partial charge in [0, 0.05) is 65.8 Å². The Morgan fingerprint density at radius 1 is 0.255 bits per heavy atom. The molecule has 0 N–H and O–H groups in total. The van der Waals surface area contributed by atoms with Crippen LogP contribution < -0.4 is 71.7 Å². The normalized spacial score (nSPS) is 16.1. The van der Waals surface area contributed by atoms with Crippen molar-refractivity contribution in [3.8, 4) is 45.3 Å². The lowest BCUT2D eigenvalue weighted by atomic mass is 9.32. The van der Waals surface area contributed by atoms with E-state index in [0.717, 1.165) is 96.6 Å². The Morgan fingerprint density at radius 2 is 0.645 bits per heavy atom. The predicted molar refractivity (Wildman–Crippen MR) is 455 cm³/mol. The van der Waals surface area contributed by atoms with Gasteiger partial charge in [-0.2, -0.15) is 0 Å². The lowest BCUT2D eigenvalue weighted by molar-refractivity contribution is 0.477. The molecule has 0 unspecified atom stereocenters. The van der Waals surface area contributed by atoms with Gasteiger partial charge in [0.15, 0.2) is 23.0 Å². The fourth-order valence-electron chi connectivity index (χ4n) is 21.2. The average Bonchev–Trinajstić information content (AvgIpc) is 0.676. The summed E-state index contributed by atoms with van der Waals surface area (Å²) in [6.07, 6.45) is 0. The van der Waals surface area contributed by atoms with E-state index in [1.165, 1.54) is 127 Å². The smallest absolute Gasteiger partial charge is 0.252 e. The molecule has 0 bridgehead atoms. The number of anilines is 18. The highest BCUT2D eigenvalue weighted by molar-refractivity contribution is 8.00. The highest BCUT2D eigenvalue weighted by Crippen LogP contribution is 2.63. The third kappa shape index (κ3) is 7.74. The minimum absolute atomic E-state index is 0.0211. The van der Waals surface area contributed by atoms with Gasteiger partial charge in [-0.05, 0) is 204 Å². The van der Waals surface area contributed by atoms with E-state index in [2.05, 4.69) is 374 Å². The zero-order valence-corrected chi connectivity index (χ0v) is 62.2. The first-order chi connectivity index (χ1) is 53.9. The first-order valence-electron chi connectivity index (χ1n) is 38.5. The quantitative estimate of drug-likeness (QED) is 0.160. The summed E-state index contributed by atoms with van der Waals surface area (Å²) in [4.78, 5) is 17.7. The molecule has 0 saturated carbocycles. The molecule has 110 heavy (non-hydrogen) atoms. The first-order valence-corrected chi connectivity index (χ1v) is 39.4. The molecule has 0 saturated heterocycles. The van der Waals surface area contributed by atoms with Crippen molar-refractivity contribution >= 4 is 160 Å². The lowest BCUT2D eigenvalue weighted by Crippen LogP contribution is -2.63. The number of hydrogen-bond acceptors (Lipinski definition) is 9. The minimum atomic E-state index is -0.238. The second-order valence-electron chi connectivity index (χ2n) is 32.7. The van der Waals surface area contributed by atoms with Gasteiger partial charge in [0.1, 0.15) is 0 Å². The molecule has 11 heteroatoms. The highest BCUT2D eigenvalue weighted by atomic mass is 32.2. The van der Waals surface area contributed by atoms with Crippen LogP contribution in [0, 0.1) is 0 Å². The van der Waals surface area contributed by atoms with Crippen LogP contribution in [0.25, 0.3) is 22.3 Å². The molecule has 25 rings (SSSR count). The van der Waals surface area contributed by atoms with E-state index in [1.807, 2.05) is 11.8 Å². The SMILES string of the molecule is CC1(C)c2ccccc2N(c2cc3c4c(c2)N2c5ccccc5Oc5cc(-c6cccc7c6Sc6ccccc6N7c6ccc(-c7cc8c9c(c7)N7c%10ccccc%10C(C)(C)c%10cccc(c%107)B9c7cccc9c7N8c7ccccc7C9(C)C)cc6)cc(c52)B4c2cccc4c2N3c2ccccc2O4)c2ccccc21. The van der Waals surface area contributed by atoms with Crippen molar-refractivity contribution in [2.75, 3.05) is 29.4 Å². The Labute approximate surface area is 644 Å². The van der Waals surface area contributed by atoms with E-state index in [-0.39, 0.29) is 29.7 Å². The number of rotatable bonds is 4. The van der Waals surface area contributed by atoms with E-state index in [1.54, 1.807) is 0 Å². The second kappa shape index (κ2) is 21.3. The molecule has 0 aliphatic carbocycles. The maximum atomic E-state index is 7.42. The molecule has 10 aliphatic heterocycles. The van der Waals surface area contributed by atoms with Gasteiger partial charge in [-0.3, -0.25) is 0 Å². The number of para-hydroxylation sites is 12. The maximum Gasteiger partial charge on any atom is 0.252 e. The maximum absolute atomic E-state index is 7.42. The molecule has 15 aromatic carbocycles. The molecule has 0 spiro atoms. The van der Waals surface area contributed by atoms with Gasteiger partial charge in [0.25, 0.3) is 13.4 Å². The summed E-state index contributed by atoms with van der Waals surface area (Å²) in [5.74, 6) is 3.27. The van der Waals surface area contributed by atoms with Crippen LogP contribution in [0.2, 0.25) is 0 Å². The summed E-state index contributed by atoms with van der Waals surface area (Å²) < 4.78 is 14.5. The van der Waals surface area contributed by atoms with Gasteiger partial charge in [-0.25, -0.2) is 0 Å². The van der Waals surface area contributed by atoms with Crippen LogP contribution in [0.1, 0.15) is 74.9 Å². The third-order valence-corrected chi connectivity index (χ3v) is 27.3. The topological polar surface area (TPSA) is 37.9 Å². The highest BCUT2D eigenvalue weighted by Gasteiger charge is 2.53. The fraction of sp³-hybridized carbons (Fsp3) is 0.0909. The number of benzene rings is 15. The van der Waals surface area contributed by atoms with Crippen LogP contribution in [-0.2, 0) is 16.2 Å². The van der Waals surface area contributed by atoms with Crippen LogP contribution in [-0.4, -0.2) is 13.4 Å². The van der Waals surface area contributed by atoms with Crippen LogP contribution >= 0.6 is 11.8 Å².